The minimum Gasteiger partial charge on any atom is -0.372 e. The van der Waals surface area contributed by atoms with Gasteiger partial charge in [0.2, 0.25) is 0 Å². The fourth-order valence-electron chi connectivity index (χ4n) is 2.68. The molecule has 0 unspecified atom stereocenters. The summed E-state index contributed by atoms with van der Waals surface area (Å²) in [4.78, 5) is 0. The monoisotopic (exact) mass is 424 g/mol. The molecule has 0 spiro atoms. The van der Waals surface area contributed by atoms with Crippen molar-refractivity contribution < 1.29 is 14.2 Å². The van der Waals surface area contributed by atoms with Gasteiger partial charge in [0, 0.05) is 4.43 Å². The Morgan fingerprint density at radius 2 is 1.43 bits per heavy atom. The maximum atomic E-state index is 6.14. The molecule has 0 N–H and O–H groups in total. The van der Waals surface area contributed by atoms with E-state index in [1.54, 1.807) is 0 Å². The summed E-state index contributed by atoms with van der Waals surface area (Å²) < 4.78 is 19.0. The third-order valence-corrected chi connectivity index (χ3v) is 4.82. The molecule has 0 aromatic heterocycles. The minimum absolute atomic E-state index is 0.0151. The highest BCUT2D eigenvalue weighted by molar-refractivity contribution is 14.1. The van der Waals surface area contributed by atoms with E-state index in [1.807, 2.05) is 36.4 Å². The second-order valence-electron chi connectivity index (χ2n) is 5.62. The molecule has 1 aliphatic heterocycles. The van der Waals surface area contributed by atoms with Crippen LogP contribution in [0.15, 0.2) is 60.7 Å². The molecule has 3 rings (SSSR count). The van der Waals surface area contributed by atoms with Crippen molar-refractivity contribution in [1.29, 1.82) is 0 Å². The van der Waals surface area contributed by atoms with Crippen LogP contribution in [-0.4, -0.2) is 29.3 Å². The standard InChI is InChI=1S/C19H21IO3/c20-11-17-19(23-13-16-9-5-2-6-10-16)18(14-22-17)21-12-15-7-3-1-4-8-15/h1-10,17-19H,11-14H2/t17-,18+,19+/m1/s1. The molecule has 0 bridgehead atoms. The van der Waals surface area contributed by atoms with Gasteiger partial charge in [-0.25, -0.2) is 0 Å². The SMILES string of the molecule is IC[C@H]1OC[C@H](OCc2ccccc2)[C@H]1OCc1ccccc1. The van der Waals surface area contributed by atoms with Crippen LogP contribution in [0.2, 0.25) is 0 Å². The Kier molecular flexibility index (Phi) is 6.45. The highest BCUT2D eigenvalue weighted by Crippen LogP contribution is 2.24. The summed E-state index contributed by atoms with van der Waals surface area (Å²) in [6, 6.07) is 20.5. The van der Waals surface area contributed by atoms with E-state index in [0.29, 0.717) is 19.8 Å². The van der Waals surface area contributed by atoms with Crippen LogP contribution in [0.4, 0.5) is 0 Å². The summed E-state index contributed by atoms with van der Waals surface area (Å²) in [5.74, 6) is 0. The van der Waals surface area contributed by atoms with E-state index in [1.165, 1.54) is 11.1 Å². The van der Waals surface area contributed by atoms with Gasteiger partial charge in [-0.2, -0.15) is 0 Å². The summed E-state index contributed by atoms with van der Waals surface area (Å²) >= 11 is 2.35. The van der Waals surface area contributed by atoms with E-state index >= 15 is 0 Å². The van der Waals surface area contributed by atoms with Crippen molar-refractivity contribution in [1.82, 2.24) is 0 Å². The van der Waals surface area contributed by atoms with Crippen LogP contribution in [0, 0.1) is 0 Å². The van der Waals surface area contributed by atoms with Crippen LogP contribution in [-0.2, 0) is 27.4 Å². The number of alkyl halides is 1. The zero-order valence-corrected chi connectivity index (χ0v) is 15.1. The fourth-order valence-corrected chi connectivity index (χ4v) is 3.44. The first-order valence-corrected chi connectivity index (χ1v) is 9.38. The number of rotatable bonds is 7. The Morgan fingerprint density at radius 1 is 0.870 bits per heavy atom. The van der Waals surface area contributed by atoms with Gasteiger partial charge in [0.25, 0.3) is 0 Å². The summed E-state index contributed by atoms with van der Waals surface area (Å²) in [5.41, 5.74) is 2.35. The lowest BCUT2D eigenvalue weighted by molar-refractivity contribution is -0.0695. The molecule has 3 atom stereocenters. The number of ether oxygens (including phenoxy) is 3. The Bertz CT molecular complexity index is 576. The summed E-state index contributed by atoms with van der Waals surface area (Å²) in [6.45, 7) is 1.78. The lowest BCUT2D eigenvalue weighted by Gasteiger charge is -2.22. The van der Waals surface area contributed by atoms with Crippen molar-refractivity contribution >= 4 is 22.6 Å². The van der Waals surface area contributed by atoms with Gasteiger partial charge < -0.3 is 14.2 Å². The Balaban J connectivity index is 1.57. The highest BCUT2D eigenvalue weighted by Gasteiger charge is 2.38. The van der Waals surface area contributed by atoms with Crippen molar-refractivity contribution in [2.24, 2.45) is 0 Å². The topological polar surface area (TPSA) is 27.7 Å². The molecule has 3 nitrogen and oxygen atoms in total. The molecule has 1 saturated heterocycles. The van der Waals surface area contributed by atoms with Crippen LogP contribution < -0.4 is 0 Å². The summed E-state index contributed by atoms with van der Waals surface area (Å²) in [7, 11) is 0. The van der Waals surface area contributed by atoms with Crippen LogP contribution in [0.3, 0.4) is 0 Å². The van der Waals surface area contributed by atoms with Gasteiger partial charge in [0.05, 0.1) is 25.9 Å². The largest absolute Gasteiger partial charge is 0.372 e. The fraction of sp³-hybridized carbons (Fsp3) is 0.368. The van der Waals surface area contributed by atoms with Crippen LogP contribution >= 0.6 is 22.6 Å². The average molecular weight is 424 g/mol. The van der Waals surface area contributed by atoms with E-state index in [4.69, 9.17) is 14.2 Å². The molecule has 1 heterocycles. The van der Waals surface area contributed by atoms with Crippen molar-refractivity contribution in [2.45, 2.75) is 31.5 Å². The molecule has 122 valence electrons. The van der Waals surface area contributed by atoms with Gasteiger partial charge in [0.1, 0.15) is 12.2 Å². The number of benzene rings is 2. The Morgan fingerprint density at radius 3 is 2.00 bits per heavy atom. The molecule has 4 heteroatoms. The molecule has 1 aliphatic rings. The number of halogens is 1. The molecule has 0 radical (unpaired) electrons. The van der Waals surface area contributed by atoms with Crippen molar-refractivity contribution in [3.8, 4) is 0 Å². The normalized spacial score (nSPS) is 24.0. The first-order chi connectivity index (χ1) is 11.4. The predicted octanol–water partition coefficient (Wildman–Crippen LogP) is 3.99. The van der Waals surface area contributed by atoms with Gasteiger partial charge in [-0.15, -0.1) is 0 Å². The van der Waals surface area contributed by atoms with Crippen LogP contribution in [0.1, 0.15) is 11.1 Å². The number of hydrogen-bond acceptors (Lipinski definition) is 3. The third kappa shape index (κ3) is 4.76. The molecule has 23 heavy (non-hydrogen) atoms. The van der Waals surface area contributed by atoms with Gasteiger partial charge >= 0.3 is 0 Å². The van der Waals surface area contributed by atoms with Gasteiger partial charge in [-0.1, -0.05) is 83.3 Å². The lowest BCUT2D eigenvalue weighted by atomic mass is 10.1. The second-order valence-corrected chi connectivity index (χ2v) is 6.50. The first kappa shape index (κ1) is 16.9. The predicted molar refractivity (Wildman–Crippen MR) is 98.7 cm³/mol. The zero-order valence-electron chi connectivity index (χ0n) is 12.9. The van der Waals surface area contributed by atoms with E-state index in [9.17, 15) is 0 Å². The van der Waals surface area contributed by atoms with Crippen LogP contribution in [0.25, 0.3) is 0 Å². The molecular formula is C19H21IO3. The third-order valence-electron chi connectivity index (χ3n) is 3.95. The maximum absolute atomic E-state index is 6.14. The molecule has 2 aromatic rings. The maximum Gasteiger partial charge on any atom is 0.113 e. The lowest BCUT2D eigenvalue weighted by Crippen LogP contribution is -2.35. The molecule has 2 aromatic carbocycles. The second kappa shape index (κ2) is 8.78. The number of hydrogen-bond donors (Lipinski definition) is 0. The minimum atomic E-state index is -0.0178. The van der Waals surface area contributed by atoms with Gasteiger partial charge in [-0.05, 0) is 11.1 Å². The average Bonchev–Trinajstić information content (AvgIpc) is 3.02. The molecular weight excluding hydrogens is 403 g/mol. The Hall–Kier alpha value is -0.950. The van der Waals surface area contributed by atoms with Crippen LogP contribution in [0.5, 0.6) is 0 Å². The first-order valence-electron chi connectivity index (χ1n) is 7.85. The van der Waals surface area contributed by atoms with Gasteiger partial charge in [-0.3, -0.25) is 0 Å². The summed E-state index contributed by atoms with van der Waals surface area (Å²) in [6.07, 6.45) is 0.0644. The zero-order chi connectivity index (χ0) is 15.9. The molecule has 0 amide bonds. The quantitative estimate of drug-likeness (QED) is 0.497. The Labute approximate surface area is 151 Å². The van der Waals surface area contributed by atoms with E-state index in [0.717, 1.165) is 4.43 Å². The molecule has 0 saturated carbocycles. The molecule has 0 aliphatic carbocycles. The van der Waals surface area contributed by atoms with Crippen molar-refractivity contribution in [3.05, 3.63) is 71.8 Å². The van der Waals surface area contributed by atoms with E-state index < -0.39 is 0 Å². The summed E-state index contributed by atoms with van der Waals surface area (Å²) in [5, 5.41) is 0. The van der Waals surface area contributed by atoms with Gasteiger partial charge in [0.15, 0.2) is 0 Å². The van der Waals surface area contributed by atoms with Crippen molar-refractivity contribution in [2.75, 3.05) is 11.0 Å². The molecule has 1 fully saturated rings. The van der Waals surface area contributed by atoms with E-state index in [2.05, 4.69) is 46.9 Å². The smallest absolute Gasteiger partial charge is 0.113 e. The van der Waals surface area contributed by atoms with Crippen molar-refractivity contribution in [3.63, 3.8) is 0 Å². The van der Waals surface area contributed by atoms with E-state index in [-0.39, 0.29) is 18.3 Å². The highest BCUT2D eigenvalue weighted by atomic mass is 127.